The Morgan fingerprint density at radius 1 is 1.00 bits per heavy atom. The molecular weight excluding hydrogens is 328 g/mol. The highest BCUT2D eigenvalue weighted by atomic mass is 35.5. The van der Waals surface area contributed by atoms with Crippen LogP contribution in [0.15, 0.2) is 48.5 Å². The van der Waals surface area contributed by atoms with Crippen molar-refractivity contribution in [3.8, 4) is 0 Å². The first kappa shape index (κ1) is 17.8. The molecule has 0 fully saturated rings. The summed E-state index contributed by atoms with van der Waals surface area (Å²) in [6.07, 6.45) is 0. The average Bonchev–Trinajstić information content (AvgIpc) is 2.54. The van der Waals surface area contributed by atoms with Crippen LogP contribution in [0, 0.1) is 0 Å². The van der Waals surface area contributed by atoms with Gasteiger partial charge in [-0.05, 0) is 55.8 Å². The van der Waals surface area contributed by atoms with Gasteiger partial charge in [-0.25, -0.2) is 9.59 Å². The zero-order chi connectivity index (χ0) is 17.7. The maximum atomic E-state index is 12.2. The van der Waals surface area contributed by atoms with E-state index in [1.807, 2.05) is 26.0 Å². The van der Waals surface area contributed by atoms with Crippen molar-refractivity contribution in [2.24, 2.45) is 0 Å². The number of ether oxygens (including phenoxy) is 1. The fourth-order valence-electron chi connectivity index (χ4n) is 2.19. The zero-order valence-electron chi connectivity index (χ0n) is 13.7. The molecule has 0 aliphatic rings. The summed E-state index contributed by atoms with van der Waals surface area (Å²) in [4.78, 5) is 23.6. The van der Waals surface area contributed by atoms with Crippen molar-refractivity contribution < 1.29 is 14.3 Å². The lowest BCUT2D eigenvalue weighted by Gasteiger charge is -2.27. The molecule has 2 rings (SSSR count). The van der Waals surface area contributed by atoms with E-state index in [0.717, 1.165) is 5.56 Å². The lowest BCUT2D eigenvalue weighted by atomic mass is 9.94. The molecule has 6 heteroatoms. The number of halogens is 1. The Hall–Kier alpha value is -2.53. The van der Waals surface area contributed by atoms with Crippen LogP contribution in [0.3, 0.4) is 0 Å². The summed E-state index contributed by atoms with van der Waals surface area (Å²) in [6.45, 7) is 3.80. The number of carbonyl (C=O) groups excluding carboxylic acids is 2. The topological polar surface area (TPSA) is 67.4 Å². The molecule has 0 saturated heterocycles. The molecule has 0 aromatic heterocycles. The highest BCUT2D eigenvalue weighted by Crippen LogP contribution is 2.22. The molecule has 0 atom stereocenters. The second kappa shape index (κ2) is 7.36. The molecule has 0 spiro atoms. The van der Waals surface area contributed by atoms with Crippen LogP contribution in [0.25, 0.3) is 0 Å². The minimum absolute atomic E-state index is 0.347. The number of benzene rings is 2. The summed E-state index contributed by atoms with van der Waals surface area (Å²) in [5.74, 6) is -0.421. The number of amides is 2. The number of anilines is 1. The van der Waals surface area contributed by atoms with Crippen LogP contribution >= 0.6 is 11.6 Å². The van der Waals surface area contributed by atoms with Crippen LogP contribution in [0.4, 0.5) is 10.5 Å². The standard InChI is InChI=1S/C18H19ClN2O3/c1-18(2,13-6-8-14(19)9-7-13)21-17(23)20-15-10-4-12(5-11-15)16(22)24-3/h4-11H,1-3H3,(H2,20,21,23). The van der Waals surface area contributed by atoms with Gasteiger partial charge in [0.1, 0.15) is 0 Å². The van der Waals surface area contributed by atoms with Gasteiger partial charge in [0, 0.05) is 10.7 Å². The van der Waals surface area contributed by atoms with Crippen LogP contribution in [0.5, 0.6) is 0 Å². The van der Waals surface area contributed by atoms with Gasteiger partial charge in [0.25, 0.3) is 0 Å². The number of urea groups is 1. The molecule has 0 aliphatic heterocycles. The van der Waals surface area contributed by atoms with Crippen LogP contribution in [0.1, 0.15) is 29.8 Å². The number of carbonyl (C=O) groups is 2. The Balaban J connectivity index is 2.01. The Morgan fingerprint density at radius 2 is 1.58 bits per heavy atom. The Labute approximate surface area is 146 Å². The molecule has 0 radical (unpaired) electrons. The summed E-state index contributed by atoms with van der Waals surface area (Å²) in [6, 6.07) is 13.4. The first-order valence-electron chi connectivity index (χ1n) is 7.35. The van der Waals surface area contributed by atoms with E-state index < -0.39 is 11.5 Å². The van der Waals surface area contributed by atoms with E-state index in [0.29, 0.717) is 16.3 Å². The number of hydrogen-bond donors (Lipinski definition) is 2. The van der Waals surface area contributed by atoms with Crippen molar-refractivity contribution in [3.63, 3.8) is 0 Å². The van der Waals surface area contributed by atoms with E-state index in [-0.39, 0.29) is 6.03 Å². The van der Waals surface area contributed by atoms with Gasteiger partial charge in [0.15, 0.2) is 0 Å². The zero-order valence-corrected chi connectivity index (χ0v) is 14.5. The highest BCUT2D eigenvalue weighted by molar-refractivity contribution is 6.30. The monoisotopic (exact) mass is 346 g/mol. The van der Waals surface area contributed by atoms with Crippen molar-refractivity contribution >= 4 is 29.3 Å². The second-order valence-corrected chi connectivity index (χ2v) is 6.22. The van der Waals surface area contributed by atoms with E-state index in [1.165, 1.54) is 7.11 Å². The summed E-state index contributed by atoms with van der Waals surface area (Å²) >= 11 is 5.89. The normalized spacial score (nSPS) is 10.8. The van der Waals surface area contributed by atoms with Crippen molar-refractivity contribution in [2.45, 2.75) is 19.4 Å². The van der Waals surface area contributed by atoms with Crippen molar-refractivity contribution in [3.05, 3.63) is 64.7 Å². The summed E-state index contributed by atoms with van der Waals surface area (Å²) in [5.41, 5.74) is 1.36. The molecule has 0 aliphatic carbocycles. The third kappa shape index (κ3) is 4.49. The smallest absolute Gasteiger partial charge is 0.337 e. The molecule has 0 unspecified atom stereocenters. The predicted molar refractivity (Wildman–Crippen MR) is 94.4 cm³/mol. The number of hydrogen-bond acceptors (Lipinski definition) is 3. The van der Waals surface area contributed by atoms with Gasteiger partial charge in [0.2, 0.25) is 0 Å². The maximum Gasteiger partial charge on any atom is 0.337 e. The Bertz CT molecular complexity index is 725. The van der Waals surface area contributed by atoms with Crippen LogP contribution in [-0.2, 0) is 10.3 Å². The van der Waals surface area contributed by atoms with E-state index in [1.54, 1.807) is 36.4 Å². The van der Waals surface area contributed by atoms with Gasteiger partial charge in [-0.15, -0.1) is 0 Å². The van der Waals surface area contributed by atoms with E-state index in [2.05, 4.69) is 15.4 Å². The fraction of sp³-hybridized carbons (Fsp3) is 0.222. The largest absolute Gasteiger partial charge is 0.465 e. The van der Waals surface area contributed by atoms with Crippen LogP contribution in [-0.4, -0.2) is 19.1 Å². The molecule has 2 aromatic carbocycles. The average molecular weight is 347 g/mol. The number of methoxy groups -OCH3 is 1. The molecule has 2 aromatic rings. The van der Waals surface area contributed by atoms with E-state index in [9.17, 15) is 9.59 Å². The van der Waals surface area contributed by atoms with Crippen LogP contribution < -0.4 is 10.6 Å². The molecule has 5 nitrogen and oxygen atoms in total. The van der Waals surface area contributed by atoms with Crippen molar-refractivity contribution in [1.29, 1.82) is 0 Å². The van der Waals surface area contributed by atoms with E-state index in [4.69, 9.17) is 11.6 Å². The lowest BCUT2D eigenvalue weighted by Crippen LogP contribution is -2.43. The molecule has 24 heavy (non-hydrogen) atoms. The molecule has 2 N–H and O–H groups in total. The van der Waals surface area contributed by atoms with Gasteiger partial charge in [-0.2, -0.15) is 0 Å². The van der Waals surface area contributed by atoms with Crippen molar-refractivity contribution in [1.82, 2.24) is 5.32 Å². The molecule has 0 bridgehead atoms. The quantitative estimate of drug-likeness (QED) is 0.816. The first-order valence-corrected chi connectivity index (χ1v) is 7.73. The van der Waals surface area contributed by atoms with Crippen molar-refractivity contribution in [2.75, 3.05) is 12.4 Å². The Kier molecular flexibility index (Phi) is 5.46. The van der Waals surface area contributed by atoms with Gasteiger partial charge in [-0.3, -0.25) is 0 Å². The van der Waals surface area contributed by atoms with Gasteiger partial charge < -0.3 is 15.4 Å². The molecular formula is C18H19ClN2O3. The third-order valence-corrected chi connectivity index (χ3v) is 3.81. The number of esters is 1. The predicted octanol–water partition coefficient (Wildman–Crippen LogP) is 4.18. The minimum atomic E-state index is -0.569. The lowest BCUT2D eigenvalue weighted by molar-refractivity contribution is 0.0600. The molecule has 0 saturated carbocycles. The summed E-state index contributed by atoms with van der Waals surface area (Å²) in [5, 5.41) is 6.28. The van der Waals surface area contributed by atoms with Gasteiger partial charge in [-0.1, -0.05) is 23.7 Å². The molecule has 126 valence electrons. The number of rotatable bonds is 4. The third-order valence-electron chi connectivity index (χ3n) is 3.56. The van der Waals surface area contributed by atoms with Gasteiger partial charge >= 0.3 is 12.0 Å². The number of nitrogens with one attached hydrogen (secondary N) is 2. The van der Waals surface area contributed by atoms with Gasteiger partial charge in [0.05, 0.1) is 18.2 Å². The molecule has 2 amide bonds. The summed E-state index contributed by atoms with van der Waals surface area (Å²) < 4.78 is 4.63. The van der Waals surface area contributed by atoms with Crippen LogP contribution in [0.2, 0.25) is 5.02 Å². The van der Waals surface area contributed by atoms with E-state index >= 15 is 0 Å². The highest BCUT2D eigenvalue weighted by Gasteiger charge is 2.22. The second-order valence-electron chi connectivity index (χ2n) is 5.78. The minimum Gasteiger partial charge on any atom is -0.465 e. The SMILES string of the molecule is COC(=O)c1ccc(NC(=O)NC(C)(C)c2ccc(Cl)cc2)cc1. The summed E-state index contributed by atoms with van der Waals surface area (Å²) in [7, 11) is 1.32. The first-order chi connectivity index (χ1) is 11.3. The fourth-order valence-corrected chi connectivity index (χ4v) is 2.32. The Morgan fingerprint density at radius 3 is 2.12 bits per heavy atom. The molecule has 0 heterocycles. The maximum absolute atomic E-state index is 12.2.